The number of hydrogen-bond donors (Lipinski definition) is 0. The molecule has 1 heterocycles. The minimum Gasteiger partial charge on any atom is -0.334 e. The Morgan fingerprint density at radius 2 is 1.33 bits per heavy atom. The molecule has 2 bridgehead atoms. The van der Waals surface area contributed by atoms with Crippen LogP contribution < -0.4 is 0 Å². The third kappa shape index (κ3) is 4.05. The van der Waals surface area contributed by atoms with E-state index < -0.39 is 0 Å². The van der Waals surface area contributed by atoms with Crippen LogP contribution in [0, 0.1) is 17.8 Å². The van der Waals surface area contributed by atoms with Crippen molar-refractivity contribution in [3.63, 3.8) is 0 Å². The molecule has 2 atom stereocenters. The molecular formula is C26H31NOS2. The van der Waals surface area contributed by atoms with Crippen molar-refractivity contribution in [3.8, 4) is 0 Å². The number of thioether (sulfide) groups is 2. The standard InChI is InChI=1S/C26H31NOS2/c28-25(22-16-23-12-7-13-24(17-22)26(23)29-14-15-30-26)27(18-20-8-3-1-4-9-20)19-21-10-5-2-6-11-21/h1-6,8-11,22-24H,7,12-19H2. The highest BCUT2D eigenvalue weighted by Crippen LogP contribution is 2.64. The molecule has 30 heavy (non-hydrogen) atoms. The molecule has 1 spiro atoms. The maximum Gasteiger partial charge on any atom is 0.226 e. The van der Waals surface area contributed by atoms with E-state index in [0.29, 0.717) is 34.9 Å². The fourth-order valence-electron chi connectivity index (χ4n) is 5.89. The van der Waals surface area contributed by atoms with Crippen LogP contribution in [-0.4, -0.2) is 26.4 Å². The van der Waals surface area contributed by atoms with Gasteiger partial charge in [0.25, 0.3) is 0 Å². The first-order valence-electron chi connectivity index (χ1n) is 11.4. The summed E-state index contributed by atoms with van der Waals surface area (Å²) in [5.74, 6) is 4.59. The minimum absolute atomic E-state index is 0.195. The first kappa shape index (κ1) is 20.5. The van der Waals surface area contributed by atoms with Crippen molar-refractivity contribution < 1.29 is 4.79 Å². The average molecular weight is 438 g/mol. The molecule has 0 aromatic heterocycles. The molecule has 3 aliphatic rings. The van der Waals surface area contributed by atoms with Gasteiger partial charge in [0, 0.05) is 30.5 Å². The van der Waals surface area contributed by atoms with Crippen molar-refractivity contribution >= 4 is 29.4 Å². The van der Waals surface area contributed by atoms with Gasteiger partial charge in [-0.3, -0.25) is 4.79 Å². The Labute approximate surface area is 189 Å². The Morgan fingerprint density at radius 1 is 0.833 bits per heavy atom. The number of carbonyl (C=O) groups is 1. The molecule has 158 valence electrons. The monoisotopic (exact) mass is 437 g/mol. The van der Waals surface area contributed by atoms with Crippen molar-refractivity contribution in [3.05, 3.63) is 71.8 Å². The molecule has 1 amide bonds. The Hall–Kier alpha value is -1.39. The lowest BCUT2D eigenvalue weighted by molar-refractivity contribution is -0.139. The summed E-state index contributed by atoms with van der Waals surface area (Å²) in [5, 5.41) is 0. The van der Waals surface area contributed by atoms with E-state index >= 15 is 0 Å². The highest BCUT2D eigenvalue weighted by Gasteiger charge is 2.55. The van der Waals surface area contributed by atoms with E-state index in [4.69, 9.17) is 0 Å². The second-order valence-electron chi connectivity index (χ2n) is 9.08. The second-order valence-corrected chi connectivity index (χ2v) is 12.1. The van der Waals surface area contributed by atoms with Gasteiger partial charge in [-0.1, -0.05) is 67.1 Å². The third-order valence-electron chi connectivity index (χ3n) is 7.21. The molecular weight excluding hydrogens is 406 g/mol. The van der Waals surface area contributed by atoms with E-state index in [1.807, 2.05) is 12.1 Å². The van der Waals surface area contributed by atoms with Crippen LogP contribution in [-0.2, 0) is 17.9 Å². The molecule has 2 unspecified atom stereocenters. The molecule has 1 saturated heterocycles. The predicted molar refractivity (Wildman–Crippen MR) is 128 cm³/mol. The zero-order valence-electron chi connectivity index (χ0n) is 17.5. The van der Waals surface area contributed by atoms with Crippen LogP contribution in [0.25, 0.3) is 0 Å². The van der Waals surface area contributed by atoms with E-state index in [0.717, 1.165) is 12.8 Å². The molecule has 4 heteroatoms. The lowest BCUT2D eigenvalue weighted by Crippen LogP contribution is -2.50. The van der Waals surface area contributed by atoms with Gasteiger partial charge in [-0.25, -0.2) is 0 Å². The fraction of sp³-hybridized carbons (Fsp3) is 0.500. The van der Waals surface area contributed by atoms with Gasteiger partial charge in [0.1, 0.15) is 0 Å². The average Bonchev–Trinajstić information content (AvgIpc) is 3.24. The summed E-state index contributed by atoms with van der Waals surface area (Å²) in [7, 11) is 0. The second kappa shape index (κ2) is 9.00. The Morgan fingerprint density at radius 3 is 1.83 bits per heavy atom. The zero-order chi connectivity index (χ0) is 20.4. The topological polar surface area (TPSA) is 20.3 Å². The summed E-state index contributed by atoms with van der Waals surface area (Å²) in [4.78, 5) is 16.0. The van der Waals surface area contributed by atoms with Gasteiger partial charge in [0.15, 0.2) is 0 Å². The molecule has 2 aromatic carbocycles. The first-order chi connectivity index (χ1) is 14.7. The van der Waals surface area contributed by atoms with Gasteiger partial charge >= 0.3 is 0 Å². The lowest BCUT2D eigenvalue weighted by Gasteiger charge is -2.52. The highest BCUT2D eigenvalue weighted by atomic mass is 32.2. The maximum atomic E-state index is 13.9. The molecule has 2 saturated carbocycles. The minimum atomic E-state index is 0.195. The van der Waals surface area contributed by atoms with Crippen LogP contribution in [0.4, 0.5) is 0 Å². The zero-order valence-corrected chi connectivity index (χ0v) is 19.2. The number of amides is 1. The molecule has 3 fully saturated rings. The summed E-state index contributed by atoms with van der Waals surface area (Å²) >= 11 is 4.45. The summed E-state index contributed by atoms with van der Waals surface area (Å²) in [6.07, 6.45) is 6.18. The van der Waals surface area contributed by atoms with E-state index in [9.17, 15) is 4.79 Å². The van der Waals surface area contributed by atoms with Crippen LogP contribution in [0.15, 0.2) is 60.7 Å². The van der Waals surface area contributed by atoms with Gasteiger partial charge < -0.3 is 4.90 Å². The van der Waals surface area contributed by atoms with E-state index in [1.54, 1.807) is 0 Å². The summed E-state index contributed by atoms with van der Waals surface area (Å²) in [6, 6.07) is 20.9. The molecule has 0 N–H and O–H groups in total. The van der Waals surface area contributed by atoms with E-state index in [1.165, 1.54) is 41.9 Å². The maximum absolute atomic E-state index is 13.9. The summed E-state index contributed by atoms with van der Waals surface area (Å²) in [6.45, 7) is 1.41. The summed E-state index contributed by atoms with van der Waals surface area (Å²) in [5.41, 5.74) is 2.44. The summed E-state index contributed by atoms with van der Waals surface area (Å²) < 4.78 is 0.429. The van der Waals surface area contributed by atoms with Crippen molar-refractivity contribution in [1.82, 2.24) is 4.90 Å². The normalized spacial score (nSPS) is 27.1. The lowest BCUT2D eigenvalue weighted by atomic mass is 9.66. The van der Waals surface area contributed by atoms with Crippen molar-refractivity contribution in [1.29, 1.82) is 0 Å². The van der Waals surface area contributed by atoms with Crippen molar-refractivity contribution in [2.75, 3.05) is 11.5 Å². The largest absolute Gasteiger partial charge is 0.334 e. The molecule has 5 rings (SSSR count). The molecule has 2 aromatic rings. The SMILES string of the molecule is O=C(C1CC2CCCC(C1)C21SCCS1)N(Cc1ccccc1)Cc1ccccc1. The molecule has 0 radical (unpaired) electrons. The van der Waals surface area contributed by atoms with Crippen molar-refractivity contribution in [2.45, 2.75) is 49.3 Å². The van der Waals surface area contributed by atoms with E-state index in [-0.39, 0.29) is 5.92 Å². The van der Waals surface area contributed by atoms with Gasteiger partial charge in [0.2, 0.25) is 5.91 Å². The number of carbonyl (C=O) groups excluding carboxylic acids is 1. The Kier molecular flexibility index (Phi) is 6.15. The first-order valence-corrected chi connectivity index (χ1v) is 13.4. The molecule has 2 nitrogen and oxygen atoms in total. The van der Waals surface area contributed by atoms with Crippen LogP contribution in [0.3, 0.4) is 0 Å². The number of benzene rings is 2. The van der Waals surface area contributed by atoms with Gasteiger partial charge in [0.05, 0.1) is 4.08 Å². The Balaban J connectivity index is 1.36. The molecule has 1 aliphatic heterocycles. The third-order valence-corrected chi connectivity index (χ3v) is 11.2. The van der Waals surface area contributed by atoms with E-state index in [2.05, 4.69) is 77.0 Å². The van der Waals surface area contributed by atoms with Gasteiger partial charge in [-0.05, 0) is 48.6 Å². The van der Waals surface area contributed by atoms with Crippen LogP contribution in [0.2, 0.25) is 0 Å². The van der Waals surface area contributed by atoms with Crippen LogP contribution >= 0.6 is 23.5 Å². The number of rotatable bonds is 5. The van der Waals surface area contributed by atoms with Gasteiger partial charge in [-0.15, -0.1) is 23.5 Å². The Bertz CT molecular complexity index is 792. The predicted octanol–water partition coefficient (Wildman–Crippen LogP) is 6.22. The molecule has 2 aliphatic carbocycles. The van der Waals surface area contributed by atoms with Crippen LogP contribution in [0.5, 0.6) is 0 Å². The fourth-order valence-corrected chi connectivity index (χ4v) is 9.83. The van der Waals surface area contributed by atoms with Crippen molar-refractivity contribution in [2.24, 2.45) is 17.8 Å². The smallest absolute Gasteiger partial charge is 0.226 e. The highest BCUT2D eigenvalue weighted by molar-refractivity contribution is 8.21. The van der Waals surface area contributed by atoms with Gasteiger partial charge in [-0.2, -0.15) is 0 Å². The number of hydrogen-bond acceptors (Lipinski definition) is 3. The number of nitrogens with zero attached hydrogens (tertiary/aromatic N) is 1. The quantitative estimate of drug-likeness (QED) is 0.554. The van der Waals surface area contributed by atoms with Crippen LogP contribution in [0.1, 0.15) is 43.2 Å².